The predicted molar refractivity (Wildman–Crippen MR) is 103 cm³/mol. The molecule has 27 heavy (non-hydrogen) atoms. The Bertz CT molecular complexity index is 869. The summed E-state index contributed by atoms with van der Waals surface area (Å²) in [5.74, 6) is 0.198. The van der Waals surface area contributed by atoms with Crippen LogP contribution in [0.2, 0.25) is 5.02 Å². The molecule has 1 aliphatic rings. The molecular formula is C20H21ClN2O4. The lowest BCUT2D eigenvalue weighted by molar-refractivity contribution is -0.131. The van der Waals surface area contributed by atoms with Gasteiger partial charge in [0.15, 0.2) is 11.5 Å². The first kappa shape index (κ1) is 19.0. The fourth-order valence-electron chi connectivity index (χ4n) is 3.05. The van der Waals surface area contributed by atoms with Gasteiger partial charge in [0, 0.05) is 37.0 Å². The number of aromatic hydroxyl groups is 1. The van der Waals surface area contributed by atoms with Crippen molar-refractivity contribution in [1.29, 1.82) is 0 Å². The maximum Gasteiger partial charge on any atom is 0.224 e. The lowest BCUT2D eigenvalue weighted by Gasteiger charge is -2.20. The molecule has 0 aliphatic carbocycles. The van der Waals surface area contributed by atoms with Crippen LogP contribution in [0.1, 0.15) is 18.9 Å². The van der Waals surface area contributed by atoms with Gasteiger partial charge in [0.05, 0.1) is 6.54 Å². The number of benzene rings is 2. The summed E-state index contributed by atoms with van der Waals surface area (Å²) in [6.45, 7) is 2.76. The van der Waals surface area contributed by atoms with E-state index in [9.17, 15) is 14.7 Å². The molecule has 1 aliphatic heterocycles. The largest absolute Gasteiger partial charge is 0.504 e. The number of hydrogen-bond donors (Lipinski definition) is 2. The molecule has 0 unspecified atom stereocenters. The summed E-state index contributed by atoms with van der Waals surface area (Å²) in [7, 11) is 0. The van der Waals surface area contributed by atoms with Crippen molar-refractivity contribution < 1.29 is 19.4 Å². The molecule has 0 saturated carbocycles. The minimum atomic E-state index is -0.163. The van der Waals surface area contributed by atoms with Gasteiger partial charge in [0.2, 0.25) is 11.8 Å². The van der Waals surface area contributed by atoms with E-state index >= 15 is 0 Å². The maximum atomic E-state index is 12.5. The number of phenolic OH excluding ortho intramolecular Hbond substituents is 1. The highest BCUT2D eigenvalue weighted by Gasteiger charge is 2.22. The molecule has 0 bridgehead atoms. The van der Waals surface area contributed by atoms with Crippen molar-refractivity contribution in [2.45, 2.75) is 19.9 Å². The van der Waals surface area contributed by atoms with Crippen LogP contribution < -0.4 is 10.1 Å². The van der Waals surface area contributed by atoms with E-state index in [1.807, 2.05) is 24.3 Å². The number of rotatable bonds is 4. The van der Waals surface area contributed by atoms with Crippen molar-refractivity contribution in [1.82, 2.24) is 10.2 Å². The van der Waals surface area contributed by atoms with Gasteiger partial charge in [-0.05, 0) is 35.4 Å². The Labute approximate surface area is 162 Å². The van der Waals surface area contributed by atoms with Gasteiger partial charge in [-0.2, -0.15) is 0 Å². The summed E-state index contributed by atoms with van der Waals surface area (Å²) >= 11 is 6.07. The van der Waals surface area contributed by atoms with E-state index in [4.69, 9.17) is 16.3 Å². The number of phenols is 1. The molecule has 1 heterocycles. The van der Waals surface area contributed by atoms with Crippen LogP contribution in [0, 0.1) is 0 Å². The van der Waals surface area contributed by atoms with Crippen molar-refractivity contribution in [3.05, 3.63) is 47.0 Å². The molecule has 0 saturated heterocycles. The van der Waals surface area contributed by atoms with E-state index in [0.717, 1.165) is 16.7 Å². The normalized spacial score (nSPS) is 13.3. The van der Waals surface area contributed by atoms with Crippen LogP contribution in [0.4, 0.5) is 0 Å². The van der Waals surface area contributed by atoms with Crippen molar-refractivity contribution in [3.8, 4) is 22.6 Å². The Hall–Kier alpha value is -2.73. The van der Waals surface area contributed by atoms with Gasteiger partial charge in [-0.1, -0.05) is 23.7 Å². The number of halogens is 1. The second kappa shape index (κ2) is 8.31. The maximum absolute atomic E-state index is 12.5. The lowest BCUT2D eigenvalue weighted by atomic mass is 10.0. The SMILES string of the molecule is CC(=O)NCCC(=O)N1CCOc2c(O)cc(-c3cccc(Cl)c3)cc2C1. The monoisotopic (exact) mass is 388 g/mol. The summed E-state index contributed by atoms with van der Waals surface area (Å²) in [4.78, 5) is 25.1. The van der Waals surface area contributed by atoms with Gasteiger partial charge in [0.1, 0.15) is 6.61 Å². The zero-order valence-electron chi connectivity index (χ0n) is 15.0. The zero-order chi connectivity index (χ0) is 19.4. The van der Waals surface area contributed by atoms with Crippen molar-refractivity contribution in [2.75, 3.05) is 19.7 Å². The Morgan fingerprint density at radius 3 is 2.81 bits per heavy atom. The number of hydrogen-bond acceptors (Lipinski definition) is 4. The molecule has 6 nitrogen and oxygen atoms in total. The quantitative estimate of drug-likeness (QED) is 0.844. The highest BCUT2D eigenvalue weighted by atomic mass is 35.5. The Morgan fingerprint density at radius 1 is 1.26 bits per heavy atom. The van der Waals surface area contributed by atoms with E-state index in [0.29, 0.717) is 37.0 Å². The van der Waals surface area contributed by atoms with E-state index in [1.165, 1.54) is 6.92 Å². The molecule has 0 radical (unpaired) electrons. The van der Waals surface area contributed by atoms with Crippen LogP contribution >= 0.6 is 11.6 Å². The number of nitrogens with one attached hydrogen (secondary N) is 1. The second-order valence-electron chi connectivity index (χ2n) is 6.39. The standard InChI is InChI=1S/C20H21ClN2O4/c1-13(24)22-6-5-19(26)23-7-8-27-20-16(12-23)9-15(11-18(20)25)14-3-2-4-17(21)10-14/h2-4,9-11,25H,5-8,12H2,1H3,(H,22,24). The fourth-order valence-corrected chi connectivity index (χ4v) is 3.24. The molecule has 2 N–H and O–H groups in total. The van der Waals surface area contributed by atoms with Crippen molar-refractivity contribution in [2.24, 2.45) is 0 Å². The minimum absolute atomic E-state index is 0.0371. The first-order chi connectivity index (χ1) is 12.9. The van der Waals surface area contributed by atoms with Crippen LogP contribution in [-0.2, 0) is 16.1 Å². The van der Waals surface area contributed by atoms with Gasteiger partial charge in [0.25, 0.3) is 0 Å². The Morgan fingerprint density at radius 2 is 2.07 bits per heavy atom. The van der Waals surface area contributed by atoms with Gasteiger partial charge >= 0.3 is 0 Å². The highest BCUT2D eigenvalue weighted by Crippen LogP contribution is 2.38. The third-order valence-electron chi connectivity index (χ3n) is 4.34. The van der Waals surface area contributed by atoms with Gasteiger partial charge in [-0.3, -0.25) is 9.59 Å². The number of ether oxygens (including phenoxy) is 1. The number of fused-ring (bicyclic) bond motifs is 1. The smallest absolute Gasteiger partial charge is 0.224 e. The average Bonchev–Trinajstić information content (AvgIpc) is 2.84. The molecule has 0 spiro atoms. The molecule has 3 rings (SSSR count). The molecule has 0 atom stereocenters. The van der Waals surface area contributed by atoms with Crippen LogP contribution in [0.5, 0.6) is 11.5 Å². The molecule has 142 valence electrons. The number of carbonyl (C=O) groups is 2. The minimum Gasteiger partial charge on any atom is -0.504 e. The molecule has 7 heteroatoms. The molecule has 2 aromatic carbocycles. The average molecular weight is 389 g/mol. The molecule has 2 amide bonds. The fraction of sp³-hybridized carbons (Fsp3) is 0.300. The van der Waals surface area contributed by atoms with E-state index < -0.39 is 0 Å². The first-order valence-electron chi connectivity index (χ1n) is 8.71. The van der Waals surface area contributed by atoms with E-state index in [-0.39, 0.29) is 24.0 Å². The number of amides is 2. The summed E-state index contributed by atoms with van der Waals surface area (Å²) < 4.78 is 5.68. The first-order valence-corrected chi connectivity index (χ1v) is 9.08. The third-order valence-corrected chi connectivity index (χ3v) is 4.57. The van der Waals surface area contributed by atoms with Crippen LogP contribution in [-0.4, -0.2) is 41.5 Å². The highest BCUT2D eigenvalue weighted by molar-refractivity contribution is 6.30. The summed E-state index contributed by atoms with van der Waals surface area (Å²) in [6, 6.07) is 10.9. The molecule has 0 aromatic heterocycles. The number of nitrogens with zero attached hydrogens (tertiary/aromatic N) is 1. The van der Waals surface area contributed by atoms with Crippen LogP contribution in [0.15, 0.2) is 36.4 Å². The van der Waals surface area contributed by atoms with E-state index in [2.05, 4.69) is 5.32 Å². The third kappa shape index (κ3) is 4.71. The summed E-state index contributed by atoms with van der Waals surface area (Å²) in [5.41, 5.74) is 2.40. The second-order valence-corrected chi connectivity index (χ2v) is 6.83. The van der Waals surface area contributed by atoms with Crippen LogP contribution in [0.25, 0.3) is 11.1 Å². The lowest BCUT2D eigenvalue weighted by Crippen LogP contribution is -2.35. The number of carbonyl (C=O) groups excluding carboxylic acids is 2. The molecule has 2 aromatic rings. The van der Waals surface area contributed by atoms with E-state index in [1.54, 1.807) is 17.0 Å². The van der Waals surface area contributed by atoms with Crippen molar-refractivity contribution in [3.63, 3.8) is 0 Å². The topological polar surface area (TPSA) is 78.9 Å². The summed E-state index contributed by atoms with van der Waals surface area (Å²) in [5, 5.41) is 13.6. The van der Waals surface area contributed by atoms with Gasteiger partial charge in [-0.25, -0.2) is 0 Å². The predicted octanol–water partition coefficient (Wildman–Crippen LogP) is 2.96. The van der Waals surface area contributed by atoms with Gasteiger partial charge < -0.3 is 20.1 Å². The molecular weight excluding hydrogens is 368 g/mol. The van der Waals surface area contributed by atoms with Crippen molar-refractivity contribution >= 4 is 23.4 Å². The Kier molecular flexibility index (Phi) is 5.86. The molecule has 0 fully saturated rings. The van der Waals surface area contributed by atoms with Crippen LogP contribution in [0.3, 0.4) is 0 Å². The Balaban J connectivity index is 1.83. The van der Waals surface area contributed by atoms with Gasteiger partial charge in [-0.15, -0.1) is 0 Å². The zero-order valence-corrected chi connectivity index (χ0v) is 15.8. The summed E-state index contributed by atoms with van der Waals surface area (Å²) in [6.07, 6.45) is 0.217.